The van der Waals surface area contributed by atoms with Gasteiger partial charge >= 0.3 is 0 Å². The molecule has 0 aliphatic heterocycles. The van der Waals surface area contributed by atoms with Crippen LogP contribution in [0.5, 0.6) is 0 Å². The van der Waals surface area contributed by atoms with E-state index in [1.54, 1.807) is 19.1 Å². The number of hydrogen-bond acceptors (Lipinski definition) is 3. The zero-order valence-corrected chi connectivity index (χ0v) is 15.1. The van der Waals surface area contributed by atoms with Gasteiger partial charge in [-0.25, -0.2) is 12.8 Å². The minimum atomic E-state index is -3.88. The fourth-order valence-corrected chi connectivity index (χ4v) is 4.64. The van der Waals surface area contributed by atoms with Gasteiger partial charge in [0, 0.05) is 9.79 Å². The summed E-state index contributed by atoms with van der Waals surface area (Å²) in [6, 6.07) is 20.5. The van der Waals surface area contributed by atoms with Crippen LogP contribution in [0.25, 0.3) is 0 Å². The molecule has 0 aromatic heterocycles. The molecule has 3 nitrogen and oxygen atoms in total. The molecule has 3 aromatic carbocycles. The van der Waals surface area contributed by atoms with Gasteiger partial charge < -0.3 is 0 Å². The highest BCUT2D eigenvalue weighted by Crippen LogP contribution is 2.34. The lowest BCUT2D eigenvalue weighted by atomic mass is 10.2. The summed E-state index contributed by atoms with van der Waals surface area (Å²) in [5, 5.41) is 0. The summed E-state index contributed by atoms with van der Waals surface area (Å²) in [6.07, 6.45) is 0. The summed E-state index contributed by atoms with van der Waals surface area (Å²) >= 11 is 1.46. The lowest BCUT2D eigenvalue weighted by Crippen LogP contribution is -2.15. The predicted octanol–water partition coefficient (Wildman–Crippen LogP) is 5.09. The van der Waals surface area contributed by atoms with E-state index >= 15 is 0 Å². The molecule has 0 fully saturated rings. The molecular formula is C19H16FNO2S2. The van der Waals surface area contributed by atoms with Crippen molar-refractivity contribution in [2.45, 2.75) is 21.6 Å². The fraction of sp³-hybridized carbons (Fsp3) is 0.0526. The van der Waals surface area contributed by atoms with Gasteiger partial charge in [-0.1, -0.05) is 48.2 Å². The molecule has 0 radical (unpaired) electrons. The Morgan fingerprint density at radius 2 is 1.60 bits per heavy atom. The zero-order chi connectivity index (χ0) is 17.9. The summed E-state index contributed by atoms with van der Waals surface area (Å²) in [5.41, 5.74) is 0.946. The van der Waals surface area contributed by atoms with Crippen LogP contribution in [0.15, 0.2) is 87.5 Å². The average Bonchev–Trinajstić information content (AvgIpc) is 2.59. The Morgan fingerprint density at radius 3 is 2.36 bits per heavy atom. The number of halogens is 1. The second-order valence-corrected chi connectivity index (χ2v) is 8.19. The van der Waals surface area contributed by atoms with Crippen LogP contribution in [-0.4, -0.2) is 8.42 Å². The third-order valence-corrected chi connectivity index (χ3v) is 6.13. The topological polar surface area (TPSA) is 46.2 Å². The molecule has 128 valence electrons. The van der Waals surface area contributed by atoms with E-state index in [-0.39, 0.29) is 4.90 Å². The first kappa shape index (κ1) is 17.5. The number of para-hydroxylation sites is 1. The Labute approximate surface area is 151 Å². The van der Waals surface area contributed by atoms with Crippen molar-refractivity contribution < 1.29 is 12.8 Å². The van der Waals surface area contributed by atoms with Gasteiger partial charge in [-0.05, 0) is 48.9 Å². The summed E-state index contributed by atoms with van der Waals surface area (Å²) in [7, 11) is -3.88. The van der Waals surface area contributed by atoms with Crippen molar-refractivity contribution in [2.24, 2.45) is 0 Å². The van der Waals surface area contributed by atoms with Crippen molar-refractivity contribution in [3.8, 4) is 0 Å². The van der Waals surface area contributed by atoms with Crippen molar-refractivity contribution >= 4 is 27.5 Å². The third kappa shape index (κ3) is 4.21. The van der Waals surface area contributed by atoms with Crippen molar-refractivity contribution in [3.05, 3.63) is 84.2 Å². The number of sulfonamides is 1. The van der Waals surface area contributed by atoms with E-state index in [4.69, 9.17) is 0 Å². The Balaban J connectivity index is 1.94. The number of nitrogens with one attached hydrogen (secondary N) is 1. The van der Waals surface area contributed by atoms with E-state index < -0.39 is 15.8 Å². The molecule has 25 heavy (non-hydrogen) atoms. The largest absolute Gasteiger partial charge is 0.278 e. The Bertz CT molecular complexity index is 989. The molecule has 1 N–H and O–H groups in total. The first-order chi connectivity index (χ1) is 12.0. The number of benzene rings is 3. The van der Waals surface area contributed by atoms with Gasteiger partial charge in [0.05, 0.1) is 10.6 Å². The van der Waals surface area contributed by atoms with Crippen molar-refractivity contribution in [2.75, 3.05) is 4.72 Å². The minimum Gasteiger partial charge on any atom is -0.278 e. The van der Waals surface area contributed by atoms with Gasteiger partial charge in [-0.3, -0.25) is 4.72 Å². The number of anilines is 1. The van der Waals surface area contributed by atoms with Crippen LogP contribution >= 0.6 is 11.8 Å². The van der Waals surface area contributed by atoms with Crippen LogP contribution < -0.4 is 4.72 Å². The molecular weight excluding hydrogens is 357 g/mol. The van der Waals surface area contributed by atoms with E-state index in [1.807, 2.05) is 42.5 Å². The quantitative estimate of drug-likeness (QED) is 0.678. The molecule has 3 aromatic rings. The zero-order valence-electron chi connectivity index (χ0n) is 13.4. The fourth-order valence-electron chi connectivity index (χ4n) is 2.32. The third-order valence-electron chi connectivity index (χ3n) is 3.54. The standard InChI is InChI=1S/C19H16FNO2S2/c1-14-11-12-15(20)13-19(14)25(22,23)21-17-9-5-6-10-18(17)24-16-7-3-2-4-8-16/h2-13,21H,1H3. The van der Waals surface area contributed by atoms with Crippen LogP contribution in [0.3, 0.4) is 0 Å². The SMILES string of the molecule is Cc1ccc(F)cc1S(=O)(=O)Nc1ccccc1Sc1ccccc1. The van der Waals surface area contributed by atoms with E-state index in [0.29, 0.717) is 11.3 Å². The summed E-state index contributed by atoms with van der Waals surface area (Å²) in [4.78, 5) is 1.70. The lowest BCUT2D eigenvalue weighted by molar-refractivity contribution is 0.594. The maximum atomic E-state index is 13.5. The molecule has 3 rings (SSSR count). The maximum absolute atomic E-state index is 13.5. The van der Waals surface area contributed by atoms with E-state index in [9.17, 15) is 12.8 Å². The van der Waals surface area contributed by atoms with E-state index in [0.717, 1.165) is 15.9 Å². The first-order valence-electron chi connectivity index (χ1n) is 7.56. The highest BCUT2D eigenvalue weighted by molar-refractivity contribution is 7.99. The highest BCUT2D eigenvalue weighted by atomic mass is 32.2. The molecule has 0 aliphatic carbocycles. The minimum absolute atomic E-state index is 0.0629. The lowest BCUT2D eigenvalue weighted by Gasteiger charge is -2.13. The predicted molar refractivity (Wildman–Crippen MR) is 99.0 cm³/mol. The molecule has 0 bridgehead atoms. The molecule has 0 unspecified atom stereocenters. The molecule has 0 aliphatic rings. The molecule has 6 heteroatoms. The summed E-state index contributed by atoms with van der Waals surface area (Å²) in [5.74, 6) is -0.585. The van der Waals surface area contributed by atoms with Gasteiger partial charge in [-0.15, -0.1) is 0 Å². The van der Waals surface area contributed by atoms with Crippen LogP contribution in [-0.2, 0) is 10.0 Å². The molecule has 0 saturated carbocycles. The van der Waals surface area contributed by atoms with Crippen LogP contribution in [0.1, 0.15) is 5.56 Å². The van der Waals surface area contributed by atoms with Crippen molar-refractivity contribution in [1.29, 1.82) is 0 Å². The van der Waals surface area contributed by atoms with Gasteiger partial charge in [0.15, 0.2) is 0 Å². The molecule has 0 saturated heterocycles. The number of hydrogen-bond donors (Lipinski definition) is 1. The second-order valence-electron chi connectivity index (χ2n) is 5.43. The average molecular weight is 373 g/mol. The Kier molecular flexibility index (Phi) is 5.11. The van der Waals surface area contributed by atoms with Crippen LogP contribution in [0.4, 0.5) is 10.1 Å². The number of rotatable bonds is 5. The number of aryl methyl sites for hydroxylation is 1. The van der Waals surface area contributed by atoms with E-state index in [2.05, 4.69) is 4.72 Å². The van der Waals surface area contributed by atoms with E-state index in [1.165, 1.54) is 23.9 Å². The van der Waals surface area contributed by atoms with Crippen LogP contribution in [0.2, 0.25) is 0 Å². The van der Waals surface area contributed by atoms with Crippen molar-refractivity contribution in [1.82, 2.24) is 0 Å². The maximum Gasteiger partial charge on any atom is 0.262 e. The van der Waals surface area contributed by atoms with Gasteiger partial charge in [0.2, 0.25) is 0 Å². The first-order valence-corrected chi connectivity index (χ1v) is 9.86. The summed E-state index contributed by atoms with van der Waals surface area (Å²) < 4.78 is 41.4. The molecule has 0 spiro atoms. The van der Waals surface area contributed by atoms with Gasteiger partial charge in [0.1, 0.15) is 5.82 Å². The Hall–Kier alpha value is -2.31. The highest BCUT2D eigenvalue weighted by Gasteiger charge is 2.19. The Morgan fingerprint density at radius 1 is 0.920 bits per heavy atom. The van der Waals surface area contributed by atoms with Gasteiger partial charge in [0.25, 0.3) is 10.0 Å². The normalized spacial score (nSPS) is 11.3. The van der Waals surface area contributed by atoms with Crippen LogP contribution in [0, 0.1) is 12.7 Å². The molecule has 0 heterocycles. The molecule has 0 atom stereocenters. The smallest absolute Gasteiger partial charge is 0.262 e. The monoisotopic (exact) mass is 373 g/mol. The second kappa shape index (κ2) is 7.29. The van der Waals surface area contributed by atoms with Gasteiger partial charge in [-0.2, -0.15) is 0 Å². The molecule has 0 amide bonds. The van der Waals surface area contributed by atoms with Crippen molar-refractivity contribution in [3.63, 3.8) is 0 Å². The summed E-state index contributed by atoms with van der Waals surface area (Å²) in [6.45, 7) is 1.64.